The molecule has 0 bridgehead atoms. The monoisotopic (exact) mass is 379 g/mol. The van der Waals surface area contributed by atoms with Crippen LogP contribution in [0.4, 0.5) is 0 Å². The van der Waals surface area contributed by atoms with Crippen LogP contribution in [0.25, 0.3) is 6.08 Å². The van der Waals surface area contributed by atoms with Crippen LogP contribution < -0.4 is 24.8 Å². The van der Waals surface area contributed by atoms with Crippen molar-refractivity contribution in [2.45, 2.75) is 12.8 Å². The summed E-state index contributed by atoms with van der Waals surface area (Å²) in [5, 5.41) is 0. The first-order valence-electron chi connectivity index (χ1n) is 3.56. The number of halogens is 2. The number of hydrogen-bond donors (Lipinski definition) is 0. The summed E-state index contributed by atoms with van der Waals surface area (Å²) in [6, 6.07) is 8.44. The van der Waals surface area contributed by atoms with Crippen molar-refractivity contribution < 1.29 is 50.7 Å². The van der Waals surface area contributed by atoms with Crippen LogP contribution in [-0.2, 0) is 25.8 Å². The van der Waals surface area contributed by atoms with Gasteiger partial charge in [0.25, 0.3) is 0 Å². The Morgan fingerprint density at radius 3 is 2.38 bits per heavy atom. The van der Waals surface area contributed by atoms with E-state index in [1.807, 2.05) is 0 Å². The van der Waals surface area contributed by atoms with E-state index in [0.717, 1.165) is 0 Å². The molecule has 1 unspecified atom stereocenters. The van der Waals surface area contributed by atoms with Crippen LogP contribution in [0, 0.1) is 6.08 Å². The van der Waals surface area contributed by atoms with Crippen LogP contribution in [0.5, 0.6) is 0 Å². The predicted octanol–water partition coefficient (Wildman–Crippen LogP) is -3.37. The van der Waals surface area contributed by atoms with Crippen LogP contribution in [0.15, 0.2) is 24.3 Å². The summed E-state index contributed by atoms with van der Waals surface area (Å²) in [7, 11) is 0. The number of hydrogen-bond acceptors (Lipinski definition) is 0. The molecular weight excluding hydrogens is 370 g/mol. The molecule has 1 aromatic rings. The second kappa shape index (κ2) is 6.80. The average molecular weight is 379 g/mol. The van der Waals surface area contributed by atoms with E-state index in [1.54, 1.807) is 0 Å². The molecule has 0 N–H and O–H groups in total. The van der Waals surface area contributed by atoms with Gasteiger partial charge in [-0.1, -0.05) is 31.0 Å². The molecule has 0 fully saturated rings. The molecule has 0 radical (unpaired) electrons. The second-order valence-electron chi connectivity index (χ2n) is 2.66. The quantitative estimate of drug-likeness (QED) is 0.327. The number of rotatable bonds is 0. The minimum Gasteiger partial charge on any atom is -1.00 e. The van der Waals surface area contributed by atoms with Gasteiger partial charge in [-0.15, -0.1) is 11.6 Å². The summed E-state index contributed by atoms with van der Waals surface area (Å²) < 4.78 is 0. The van der Waals surface area contributed by atoms with E-state index in [-0.39, 0.29) is 50.7 Å². The van der Waals surface area contributed by atoms with Crippen molar-refractivity contribution in [2.75, 3.05) is 0 Å². The van der Waals surface area contributed by atoms with Crippen molar-refractivity contribution in [1.82, 2.24) is 0 Å². The molecule has 2 rings (SSSR count). The third kappa shape index (κ3) is 3.23. The molecule has 0 aromatic heterocycles. The van der Waals surface area contributed by atoms with Crippen molar-refractivity contribution in [3.8, 4) is 0 Å². The Bertz CT molecular complexity index is 284. The van der Waals surface area contributed by atoms with E-state index in [2.05, 4.69) is 43.3 Å². The van der Waals surface area contributed by atoms with E-state index < -0.39 is 0 Å². The first kappa shape index (κ1) is 15.9. The zero-order chi connectivity index (χ0) is 6.97. The fraction of sp³-hybridized carbons (Fsp3) is 0.200. The van der Waals surface area contributed by atoms with Gasteiger partial charge >= 0.3 is 0 Å². The fourth-order valence-electron chi connectivity index (χ4n) is 1.34. The van der Waals surface area contributed by atoms with Crippen LogP contribution in [0.1, 0.15) is 24.0 Å². The second-order valence-corrected chi connectivity index (χ2v) is 2.66. The van der Waals surface area contributed by atoms with Gasteiger partial charge in [-0.05, 0) is 0 Å². The summed E-state index contributed by atoms with van der Waals surface area (Å²) in [6.07, 6.45) is 5.33. The standard InChI is InChI=1S/C10H9.2ClH.Hf/c1-8-6-7-9-4-2-3-5-10(8)9;;;/h2-5,7-8H,1H3;2*1H;/q-1;;;/p-2. The molecule has 0 spiro atoms. The minimum atomic E-state index is 0. The summed E-state index contributed by atoms with van der Waals surface area (Å²) in [5.74, 6) is 0.496. The summed E-state index contributed by atoms with van der Waals surface area (Å²) >= 11 is 0. The van der Waals surface area contributed by atoms with E-state index in [4.69, 9.17) is 0 Å². The maximum absolute atomic E-state index is 3.26. The first-order valence-corrected chi connectivity index (χ1v) is 3.56. The third-order valence-corrected chi connectivity index (χ3v) is 1.95. The van der Waals surface area contributed by atoms with E-state index in [0.29, 0.717) is 5.92 Å². The summed E-state index contributed by atoms with van der Waals surface area (Å²) in [4.78, 5) is 0. The molecule has 0 saturated heterocycles. The third-order valence-electron chi connectivity index (χ3n) is 1.95. The van der Waals surface area contributed by atoms with Gasteiger partial charge in [0.15, 0.2) is 0 Å². The summed E-state index contributed by atoms with van der Waals surface area (Å²) in [5.41, 5.74) is 2.73. The molecule has 1 atom stereocenters. The van der Waals surface area contributed by atoms with Crippen molar-refractivity contribution in [1.29, 1.82) is 0 Å². The predicted molar refractivity (Wildman–Crippen MR) is 42.6 cm³/mol. The molecule has 1 aromatic carbocycles. The van der Waals surface area contributed by atoms with Crippen molar-refractivity contribution in [3.63, 3.8) is 0 Å². The molecule has 0 aliphatic heterocycles. The van der Waals surface area contributed by atoms with Crippen LogP contribution in [0.3, 0.4) is 0 Å². The zero-order valence-corrected chi connectivity index (χ0v) is 12.3. The molecule has 0 heterocycles. The van der Waals surface area contributed by atoms with Crippen LogP contribution >= 0.6 is 0 Å². The van der Waals surface area contributed by atoms with Gasteiger partial charge < -0.3 is 24.8 Å². The van der Waals surface area contributed by atoms with Crippen molar-refractivity contribution in [2.24, 2.45) is 0 Å². The van der Waals surface area contributed by atoms with Crippen molar-refractivity contribution in [3.05, 3.63) is 41.5 Å². The van der Waals surface area contributed by atoms with Gasteiger partial charge in [-0.2, -0.15) is 5.56 Å². The van der Waals surface area contributed by atoms with Crippen LogP contribution in [0.2, 0.25) is 0 Å². The SMILES string of the molecule is CC1[C-]=Cc2ccccc21.[Cl-].[Cl-].[Hf]. The zero-order valence-electron chi connectivity index (χ0n) is 7.22. The molecule has 1 aliphatic carbocycles. The molecule has 13 heavy (non-hydrogen) atoms. The van der Waals surface area contributed by atoms with E-state index in [1.165, 1.54) is 11.1 Å². The molecule has 1 aliphatic rings. The number of benzene rings is 1. The Labute approximate surface area is 110 Å². The van der Waals surface area contributed by atoms with Gasteiger partial charge in [0.2, 0.25) is 0 Å². The van der Waals surface area contributed by atoms with E-state index >= 15 is 0 Å². The molecule has 0 saturated carbocycles. The topological polar surface area (TPSA) is 0 Å². The minimum absolute atomic E-state index is 0. The Morgan fingerprint density at radius 2 is 1.77 bits per heavy atom. The van der Waals surface area contributed by atoms with Crippen LogP contribution in [-0.4, -0.2) is 0 Å². The van der Waals surface area contributed by atoms with Gasteiger partial charge in [0.05, 0.1) is 0 Å². The van der Waals surface area contributed by atoms with Crippen molar-refractivity contribution >= 4 is 6.08 Å². The molecular formula is C10H9Cl2Hf-3. The number of fused-ring (bicyclic) bond motifs is 1. The normalized spacial score (nSPS) is 16.2. The molecule has 0 nitrogen and oxygen atoms in total. The summed E-state index contributed by atoms with van der Waals surface area (Å²) in [6.45, 7) is 2.17. The number of allylic oxidation sites excluding steroid dienone is 1. The Kier molecular flexibility index (Phi) is 8.30. The average Bonchev–Trinajstić information content (AvgIpc) is 2.34. The maximum atomic E-state index is 3.26. The smallest absolute Gasteiger partial charge is 0 e. The Balaban J connectivity index is 0. The fourth-order valence-corrected chi connectivity index (χ4v) is 1.34. The Hall–Kier alpha value is 0.410. The molecule has 70 valence electrons. The molecule has 0 amide bonds. The Morgan fingerprint density at radius 1 is 1.15 bits per heavy atom. The van der Waals surface area contributed by atoms with Gasteiger partial charge in [0.1, 0.15) is 0 Å². The molecule has 3 heteroatoms. The van der Waals surface area contributed by atoms with Gasteiger partial charge in [0, 0.05) is 25.8 Å². The maximum Gasteiger partial charge on any atom is 0 e. The van der Waals surface area contributed by atoms with Gasteiger partial charge in [-0.3, -0.25) is 6.08 Å². The largest absolute Gasteiger partial charge is 1.00 e. The van der Waals surface area contributed by atoms with Gasteiger partial charge in [-0.25, -0.2) is 6.08 Å². The first-order chi connectivity index (χ1) is 4.88. The van der Waals surface area contributed by atoms with E-state index in [9.17, 15) is 0 Å².